The van der Waals surface area contributed by atoms with E-state index in [2.05, 4.69) is 24.8 Å². The molecule has 3 rings (SSSR count). The molecule has 0 spiro atoms. The largest absolute Gasteiger partial charge is 0.497 e. The van der Waals surface area contributed by atoms with Gasteiger partial charge in [0.1, 0.15) is 18.2 Å². The van der Waals surface area contributed by atoms with Gasteiger partial charge in [-0.25, -0.2) is 4.39 Å². The lowest BCUT2D eigenvalue weighted by atomic mass is 9.95. The average molecular weight is 484 g/mol. The number of methoxy groups -OCH3 is 2. The number of rotatable bonds is 11. The summed E-state index contributed by atoms with van der Waals surface area (Å²) in [4.78, 5) is 2.06. The predicted octanol–water partition coefficient (Wildman–Crippen LogP) is 6.11. The first kappa shape index (κ1) is 26.0. The highest BCUT2D eigenvalue weighted by atomic mass is 31.1. The van der Waals surface area contributed by atoms with E-state index in [0.29, 0.717) is 27.5 Å². The fourth-order valence-corrected chi connectivity index (χ4v) is 5.50. The second-order valence-corrected chi connectivity index (χ2v) is 10.7. The van der Waals surface area contributed by atoms with Gasteiger partial charge in [0.25, 0.3) is 0 Å². The third-order valence-corrected chi connectivity index (χ3v) is 7.91. The molecule has 6 heteroatoms. The summed E-state index contributed by atoms with van der Waals surface area (Å²) in [7, 11) is 7.70. The van der Waals surface area contributed by atoms with E-state index in [9.17, 15) is 4.39 Å². The monoisotopic (exact) mass is 483 g/mol. The van der Waals surface area contributed by atoms with Gasteiger partial charge < -0.3 is 19.1 Å². The Bertz CT molecular complexity index is 1090. The molecule has 0 heterocycles. The van der Waals surface area contributed by atoms with Crippen molar-refractivity contribution in [2.45, 2.75) is 38.6 Å². The third-order valence-electron chi connectivity index (χ3n) is 5.98. The maximum absolute atomic E-state index is 14.1. The quantitative estimate of drug-likeness (QED) is 0.308. The van der Waals surface area contributed by atoms with E-state index in [0.717, 1.165) is 39.9 Å². The summed E-state index contributed by atoms with van der Waals surface area (Å²) in [5, 5.41) is 0.877. The van der Waals surface area contributed by atoms with Gasteiger partial charge in [-0.3, -0.25) is 0 Å². The van der Waals surface area contributed by atoms with E-state index in [4.69, 9.17) is 14.2 Å². The summed E-state index contributed by atoms with van der Waals surface area (Å²) in [5.74, 6) is 1.87. The van der Waals surface area contributed by atoms with E-state index < -0.39 is 0 Å². The molecule has 0 saturated carbocycles. The zero-order chi connectivity index (χ0) is 24.7. The van der Waals surface area contributed by atoms with Gasteiger partial charge in [0.05, 0.1) is 14.2 Å². The van der Waals surface area contributed by atoms with Crippen molar-refractivity contribution in [2.24, 2.45) is 0 Å². The van der Waals surface area contributed by atoms with Gasteiger partial charge in [-0.2, -0.15) is 0 Å². The molecule has 3 aromatic carbocycles. The Balaban J connectivity index is 2.07. The van der Waals surface area contributed by atoms with Crippen LogP contribution >= 0.6 is 8.58 Å². The summed E-state index contributed by atoms with van der Waals surface area (Å²) in [5.41, 5.74) is 3.11. The summed E-state index contributed by atoms with van der Waals surface area (Å²) in [6.45, 7) is 5.52. The highest BCUT2D eigenvalue weighted by Gasteiger charge is 2.32. The van der Waals surface area contributed by atoms with Gasteiger partial charge in [0.15, 0.2) is 11.5 Å². The smallest absolute Gasteiger partial charge is 0.166 e. The lowest BCUT2D eigenvalue weighted by Crippen LogP contribution is -2.23. The summed E-state index contributed by atoms with van der Waals surface area (Å²) >= 11 is 0. The molecule has 0 aliphatic carbocycles. The molecule has 0 aromatic heterocycles. The maximum atomic E-state index is 14.1. The van der Waals surface area contributed by atoms with Crippen LogP contribution in [0.3, 0.4) is 0 Å². The van der Waals surface area contributed by atoms with Gasteiger partial charge >= 0.3 is 0 Å². The Morgan fingerprint density at radius 2 is 1.71 bits per heavy atom. The van der Waals surface area contributed by atoms with Crippen LogP contribution in [0.2, 0.25) is 0 Å². The number of halogens is 1. The van der Waals surface area contributed by atoms with Crippen molar-refractivity contribution in [2.75, 3.05) is 28.3 Å². The number of ether oxygens (including phenoxy) is 3. The number of nitrogens with zero attached hydrogens (tertiary/aromatic N) is 1. The molecule has 0 saturated heterocycles. The fourth-order valence-electron chi connectivity index (χ4n) is 3.93. The minimum Gasteiger partial charge on any atom is -0.497 e. The predicted molar refractivity (Wildman–Crippen MR) is 140 cm³/mol. The van der Waals surface area contributed by atoms with E-state index >= 15 is 0 Å². The van der Waals surface area contributed by atoms with Crippen LogP contribution in [0.1, 0.15) is 37.0 Å². The molecule has 34 heavy (non-hydrogen) atoms. The highest BCUT2D eigenvalue weighted by molar-refractivity contribution is 7.48. The molecule has 0 aliphatic rings. The lowest BCUT2D eigenvalue weighted by molar-refractivity contribution is 0.277. The molecule has 0 bridgehead atoms. The topological polar surface area (TPSA) is 30.9 Å². The van der Waals surface area contributed by atoms with Crippen LogP contribution < -0.4 is 19.5 Å². The molecule has 0 aliphatic heterocycles. The van der Waals surface area contributed by atoms with Gasteiger partial charge in [-0.05, 0) is 55.1 Å². The van der Waals surface area contributed by atoms with Crippen molar-refractivity contribution in [1.29, 1.82) is 0 Å². The molecule has 0 N–H and O–H groups in total. The Hall–Kier alpha value is -2.62. The number of hydrogen-bond acceptors (Lipinski definition) is 4. The Kier molecular flexibility index (Phi) is 8.93. The summed E-state index contributed by atoms with van der Waals surface area (Å²) in [6, 6.07) is 19.1. The van der Waals surface area contributed by atoms with Crippen LogP contribution in [0.5, 0.6) is 17.2 Å². The standard InChI is InChI=1S/C28H35FNO3P/c1-7-28(2,34-26-14-13-22(29)15-21(26)18-30(3)4)24-16-23(31-5)17-25(32-6)27(24)33-19-20-11-9-8-10-12-20/h8-17,34H,7,18-19H2,1-6H3. The number of hydrogen-bond donors (Lipinski definition) is 0. The van der Waals surface area contributed by atoms with Crippen molar-refractivity contribution in [3.05, 3.63) is 83.2 Å². The fraction of sp³-hybridized carbons (Fsp3) is 0.357. The van der Waals surface area contributed by atoms with Crippen molar-refractivity contribution in [3.63, 3.8) is 0 Å². The SMILES string of the molecule is CCC(C)(Pc1ccc(F)cc1CN(C)C)c1cc(OC)cc(OC)c1OCc1ccccc1. The van der Waals surface area contributed by atoms with E-state index in [-0.39, 0.29) is 11.0 Å². The molecular weight excluding hydrogens is 448 g/mol. The maximum Gasteiger partial charge on any atom is 0.166 e. The summed E-state index contributed by atoms with van der Waals surface area (Å²) < 4.78 is 31.8. The van der Waals surface area contributed by atoms with Crippen LogP contribution in [0.25, 0.3) is 0 Å². The number of benzene rings is 3. The minimum atomic E-state index is -0.271. The third kappa shape index (κ3) is 6.28. The summed E-state index contributed by atoms with van der Waals surface area (Å²) in [6.07, 6.45) is 0.863. The molecule has 0 fully saturated rings. The molecule has 2 atom stereocenters. The van der Waals surface area contributed by atoms with Crippen LogP contribution in [0, 0.1) is 5.82 Å². The van der Waals surface area contributed by atoms with Crippen LogP contribution in [-0.4, -0.2) is 33.2 Å². The van der Waals surface area contributed by atoms with E-state index in [1.165, 1.54) is 0 Å². The molecule has 0 amide bonds. The van der Waals surface area contributed by atoms with Crippen molar-refractivity contribution in [1.82, 2.24) is 4.90 Å². The van der Waals surface area contributed by atoms with Gasteiger partial charge in [-0.15, -0.1) is 0 Å². The molecule has 3 aromatic rings. The normalized spacial score (nSPS) is 13.3. The van der Waals surface area contributed by atoms with Crippen molar-refractivity contribution in [3.8, 4) is 17.2 Å². The van der Waals surface area contributed by atoms with Crippen LogP contribution in [0.4, 0.5) is 4.39 Å². The Morgan fingerprint density at radius 1 is 0.971 bits per heavy atom. The van der Waals surface area contributed by atoms with Gasteiger partial charge in [0.2, 0.25) is 0 Å². The molecule has 4 nitrogen and oxygen atoms in total. The molecule has 182 valence electrons. The highest BCUT2D eigenvalue weighted by Crippen LogP contribution is 2.51. The first-order valence-corrected chi connectivity index (χ1v) is 12.4. The molecular formula is C28H35FNO3P. The Labute approximate surface area is 204 Å². The second kappa shape index (κ2) is 11.7. The molecule has 2 unspecified atom stereocenters. The van der Waals surface area contributed by atoms with E-state index in [1.54, 1.807) is 26.4 Å². The van der Waals surface area contributed by atoms with Crippen molar-refractivity contribution < 1.29 is 18.6 Å². The van der Waals surface area contributed by atoms with Crippen LogP contribution in [0.15, 0.2) is 60.7 Å². The lowest BCUT2D eigenvalue weighted by Gasteiger charge is -2.33. The van der Waals surface area contributed by atoms with Gasteiger partial charge in [-0.1, -0.05) is 58.8 Å². The van der Waals surface area contributed by atoms with Gasteiger partial charge in [0, 0.05) is 23.3 Å². The zero-order valence-corrected chi connectivity index (χ0v) is 21.9. The zero-order valence-electron chi connectivity index (χ0n) is 20.9. The van der Waals surface area contributed by atoms with E-state index in [1.807, 2.05) is 56.6 Å². The second-order valence-electron chi connectivity index (χ2n) is 8.83. The van der Waals surface area contributed by atoms with Crippen LogP contribution in [-0.2, 0) is 18.3 Å². The van der Waals surface area contributed by atoms with Crippen molar-refractivity contribution >= 4 is 13.9 Å². The first-order valence-electron chi connectivity index (χ1n) is 11.4. The molecule has 0 radical (unpaired) electrons. The Morgan fingerprint density at radius 3 is 2.32 bits per heavy atom. The minimum absolute atomic E-state index is 0.210. The average Bonchev–Trinajstić information content (AvgIpc) is 2.84. The first-order chi connectivity index (χ1) is 16.3.